The van der Waals surface area contributed by atoms with Gasteiger partial charge in [0.1, 0.15) is 12.3 Å². The molecule has 1 N–H and O–H groups in total. The highest BCUT2D eigenvalue weighted by atomic mass is 16.6. The first-order valence-electron chi connectivity index (χ1n) is 12.8. The zero-order chi connectivity index (χ0) is 29.3. The summed E-state index contributed by atoms with van der Waals surface area (Å²) in [4.78, 5) is 31.1. The Balaban J connectivity index is 1.81. The average Bonchev–Trinajstić information content (AvgIpc) is 2.92. The molecular formula is C24H39N3O13. The molecule has 1 aromatic carbocycles. The summed E-state index contributed by atoms with van der Waals surface area (Å²) >= 11 is 0. The van der Waals surface area contributed by atoms with Gasteiger partial charge >= 0.3 is 5.97 Å². The number of nitrogens with one attached hydrogen (secondary N) is 1. The Labute approximate surface area is 232 Å². The summed E-state index contributed by atoms with van der Waals surface area (Å²) in [5.41, 5.74) is -0.532. The van der Waals surface area contributed by atoms with Crippen molar-refractivity contribution in [1.82, 2.24) is 0 Å². The molecule has 0 fully saturated rings. The molecule has 0 radical (unpaired) electrons. The minimum atomic E-state index is -0.685. The van der Waals surface area contributed by atoms with Gasteiger partial charge in [0, 0.05) is 19.5 Å². The molecule has 1 rings (SSSR count). The number of ether oxygens (including phenoxy) is 8. The van der Waals surface area contributed by atoms with E-state index in [0.717, 1.165) is 6.07 Å². The number of benzene rings is 1. The molecule has 0 amide bonds. The van der Waals surface area contributed by atoms with Crippen molar-refractivity contribution >= 4 is 23.0 Å². The Kier molecular flexibility index (Phi) is 20.9. The molecule has 40 heavy (non-hydrogen) atoms. The van der Waals surface area contributed by atoms with Crippen LogP contribution in [0.3, 0.4) is 0 Å². The monoisotopic (exact) mass is 577 g/mol. The first-order chi connectivity index (χ1) is 19.4. The molecule has 0 saturated carbocycles. The van der Waals surface area contributed by atoms with Crippen LogP contribution in [0.1, 0.15) is 6.92 Å². The number of rotatable bonds is 27. The Morgan fingerprint density at radius 2 is 1.05 bits per heavy atom. The maximum absolute atomic E-state index is 11.1. The van der Waals surface area contributed by atoms with Crippen LogP contribution in [0, 0.1) is 20.2 Å². The number of nitro groups is 2. The van der Waals surface area contributed by atoms with Crippen LogP contribution < -0.4 is 5.32 Å². The molecule has 0 heterocycles. The molecule has 0 aliphatic rings. The van der Waals surface area contributed by atoms with Crippen molar-refractivity contribution in [1.29, 1.82) is 0 Å². The number of esters is 1. The lowest BCUT2D eigenvalue weighted by atomic mass is 10.2. The minimum absolute atomic E-state index is 0.183. The van der Waals surface area contributed by atoms with E-state index in [4.69, 9.17) is 37.9 Å². The minimum Gasteiger partial charge on any atom is -0.463 e. The summed E-state index contributed by atoms with van der Waals surface area (Å²) in [7, 11) is 0. The van der Waals surface area contributed by atoms with Gasteiger partial charge in [-0.25, -0.2) is 0 Å². The van der Waals surface area contributed by atoms with Gasteiger partial charge in [0.2, 0.25) is 0 Å². The van der Waals surface area contributed by atoms with E-state index in [1.807, 2.05) is 0 Å². The lowest BCUT2D eigenvalue weighted by molar-refractivity contribution is -0.393. The number of hydrogen-bond donors (Lipinski definition) is 1. The maximum atomic E-state index is 11.1. The van der Waals surface area contributed by atoms with Crippen molar-refractivity contribution in [3.05, 3.63) is 38.4 Å². The standard InChI is InChI=1S/C24H39N3O13/c1-21(28)40-19-18-39-17-16-38-15-14-37-13-12-36-11-10-35-9-8-34-7-6-33-5-4-25-23-3-2-22(26(29)30)20-24(23)27(31)32/h2-3,20,25H,4-19H2,1H3. The lowest BCUT2D eigenvalue weighted by Gasteiger charge is -2.09. The molecule has 0 unspecified atom stereocenters. The molecule has 0 saturated heterocycles. The van der Waals surface area contributed by atoms with Gasteiger partial charge < -0.3 is 43.2 Å². The van der Waals surface area contributed by atoms with E-state index in [-0.39, 0.29) is 42.8 Å². The fraction of sp³-hybridized carbons (Fsp3) is 0.708. The molecular weight excluding hydrogens is 538 g/mol. The van der Waals surface area contributed by atoms with Crippen molar-refractivity contribution in [3.8, 4) is 0 Å². The number of nitrogens with zero attached hydrogens (tertiary/aromatic N) is 2. The van der Waals surface area contributed by atoms with Gasteiger partial charge in [-0.15, -0.1) is 0 Å². The Morgan fingerprint density at radius 3 is 1.43 bits per heavy atom. The Hall–Kier alpha value is -2.99. The van der Waals surface area contributed by atoms with E-state index in [0.29, 0.717) is 85.9 Å². The summed E-state index contributed by atoms with van der Waals surface area (Å²) in [5, 5.41) is 24.7. The normalized spacial score (nSPS) is 10.9. The van der Waals surface area contributed by atoms with E-state index in [9.17, 15) is 25.0 Å². The Bertz CT molecular complexity index is 844. The van der Waals surface area contributed by atoms with E-state index < -0.39 is 9.85 Å². The van der Waals surface area contributed by atoms with Crippen LogP contribution in [-0.4, -0.2) is 121 Å². The number of anilines is 1. The van der Waals surface area contributed by atoms with Crippen LogP contribution in [-0.2, 0) is 42.7 Å². The van der Waals surface area contributed by atoms with E-state index in [1.165, 1.54) is 19.1 Å². The molecule has 0 bridgehead atoms. The molecule has 0 aromatic heterocycles. The number of carbonyl (C=O) groups excluding carboxylic acids is 1. The third kappa shape index (κ3) is 19.1. The third-order valence-electron chi connectivity index (χ3n) is 4.72. The number of hydrogen-bond acceptors (Lipinski definition) is 14. The summed E-state index contributed by atoms with van der Waals surface area (Å²) in [6.07, 6.45) is 0. The van der Waals surface area contributed by atoms with Crippen LogP contribution in [0.25, 0.3) is 0 Å². The van der Waals surface area contributed by atoms with Crippen LogP contribution >= 0.6 is 0 Å². The highest BCUT2D eigenvalue weighted by Gasteiger charge is 2.18. The maximum Gasteiger partial charge on any atom is 0.302 e. The van der Waals surface area contributed by atoms with Gasteiger partial charge in [0.05, 0.1) is 108 Å². The van der Waals surface area contributed by atoms with E-state index >= 15 is 0 Å². The predicted molar refractivity (Wildman–Crippen MR) is 141 cm³/mol. The number of nitro benzene ring substituents is 2. The molecule has 0 aliphatic carbocycles. The van der Waals surface area contributed by atoms with Gasteiger partial charge in [-0.1, -0.05) is 0 Å². The molecule has 228 valence electrons. The molecule has 0 aliphatic heterocycles. The SMILES string of the molecule is CC(=O)OCCOCCOCCOCCOCCOCCOCCOCCNc1ccc([N+](=O)[O-])cc1[N+](=O)[O-]. The van der Waals surface area contributed by atoms with Gasteiger partial charge in [-0.3, -0.25) is 25.0 Å². The number of non-ortho nitro benzene ring substituents is 1. The van der Waals surface area contributed by atoms with Crippen LogP contribution in [0.4, 0.5) is 17.1 Å². The fourth-order valence-corrected chi connectivity index (χ4v) is 2.86. The van der Waals surface area contributed by atoms with Crippen molar-refractivity contribution in [2.24, 2.45) is 0 Å². The van der Waals surface area contributed by atoms with Crippen molar-refractivity contribution in [2.75, 3.05) is 111 Å². The third-order valence-corrected chi connectivity index (χ3v) is 4.72. The molecule has 0 atom stereocenters. The topological polar surface area (TPSA) is 189 Å². The lowest BCUT2D eigenvalue weighted by Crippen LogP contribution is -2.15. The van der Waals surface area contributed by atoms with Crippen molar-refractivity contribution in [3.63, 3.8) is 0 Å². The highest BCUT2D eigenvalue weighted by molar-refractivity contribution is 5.66. The van der Waals surface area contributed by atoms with Crippen molar-refractivity contribution in [2.45, 2.75) is 6.92 Å². The average molecular weight is 578 g/mol. The largest absolute Gasteiger partial charge is 0.463 e. The fourth-order valence-electron chi connectivity index (χ4n) is 2.86. The van der Waals surface area contributed by atoms with Crippen LogP contribution in [0.15, 0.2) is 18.2 Å². The van der Waals surface area contributed by atoms with Crippen LogP contribution in [0.2, 0.25) is 0 Å². The van der Waals surface area contributed by atoms with E-state index in [2.05, 4.69) is 5.32 Å². The predicted octanol–water partition coefficient (Wildman–Crippen LogP) is 1.59. The highest BCUT2D eigenvalue weighted by Crippen LogP contribution is 2.28. The first kappa shape index (κ1) is 35.0. The summed E-state index contributed by atoms with van der Waals surface area (Å²) in [5.74, 6) is -0.328. The summed E-state index contributed by atoms with van der Waals surface area (Å²) < 4.78 is 42.3. The van der Waals surface area contributed by atoms with E-state index in [1.54, 1.807) is 0 Å². The first-order valence-corrected chi connectivity index (χ1v) is 12.8. The van der Waals surface area contributed by atoms with Crippen molar-refractivity contribution < 1.29 is 52.5 Å². The quantitative estimate of drug-likeness (QED) is 0.0686. The van der Waals surface area contributed by atoms with Gasteiger partial charge in [-0.05, 0) is 6.07 Å². The molecule has 16 nitrogen and oxygen atoms in total. The zero-order valence-electron chi connectivity index (χ0n) is 22.7. The molecule has 0 spiro atoms. The second-order valence-electron chi connectivity index (χ2n) is 7.77. The molecule has 1 aromatic rings. The number of carbonyl (C=O) groups is 1. The molecule has 16 heteroatoms. The van der Waals surface area contributed by atoms with Gasteiger partial charge in [0.15, 0.2) is 0 Å². The summed E-state index contributed by atoms with van der Waals surface area (Å²) in [6.45, 7) is 7.53. The van der Waals surface area contributed by atoms with Gasteiger partial charge in [0.25, 0.3) is 11.4 Å². The summed E-state index contributed by atoms with van der Waals surface area (Å²) in [6, 6.07) is 3.41. The smallest absolute Gasteiger partial charge is 0.302 e. The second kappa shape index (κ2) is 23.9. The zero-order valence-corrected chi connectivity index (χ0v) is 22.7. The second-order valence-corrected chi connectivity index (χ2v) is 7.77. The van der Waals surface area contributed by atoms with Gasteiger partial charge in [-0.2, -0.15) is 0 Å². The Morgan fingerprint density at radius 1 is 0.650 bits per heavy atom. The van der Waals surface area contributed by atoms with Crippen LogP contribution in [0.5, 0.6) is 0 Å².